The van der Waals surface area contributed by atoms with Crippen molar-refractivity contribution in [3.8, 4) is 0 Å². The first-order valence-corrected chi connectivity index (χ1v) is 5.88. The van der Waals surface area contributed by atoms with Gasteiger partial charge in [-0.2, -0.15) is 0 Å². The Bertz CT molecular complexity index is 531. The third kappa shape index (κ3) is 2.91. The minimum atomic E-state index is -0.194. The highest BCUT2D eigenvalue weighted by molar-refractivity contribution is 5.89. The number of hydrogen-bond acceptors (Lipinski definition) is 1. The SMILES string of the molecule is Cc1ccc(CNC(=O)Nc2ccccc2)n1C. The zero-order valence-electron chi connectivity index (χ0n) is 10.6. The van der Waals surface area contributed by atoms with Crippen molar-refractivity contribution in [2.24, 2.45) is 7.05 Å². The first kappa shape index (κ1) is 12.2. The molecule has 0 spiro atoms. The van der Waals surface area contributed by atoms with Crippen LogP contribution in [0.3, 0.4) is 0 Å². The summed E-state index contributed by atoms with van der Waals surface area (Å²) >= 11 is 0. The molecule has 1 aromatic heterocycles. The minimum Gasteiger partial charge on any atom is -0.350 e. The summed E-state index contributed by atoms with van der Waals surface area (Å²) < 4.78 is 2.06. The van der Waals surface area contributed by atoms with Crippen LogP contribution in [-0.2, 0) is 13.6 Å². The maximum Gasteiger partial charge on any atom is 0.319 e. The van der Waals surface area contributed by atoms with E-state index in [1.807, 2.05) is 56.4 Å². The molecule has 0 fully saturated rings. The number of hydrogen-bond donors (Lipinski definition) is 2. The Morgan fingerprint density at radius 2 is 1.89 bits per heavy atom. The molecule has 0 unspecified atom stereocenters. The lowest BCUT2D eigenvalue weighted by Crippen LogP contribution is -2.28. The van der Waals surface area contributed by atoms with Gasteiger partial charge in [0.05, 0.1) is 6.54 Å². The van der Waals surface area contributed by atoms with Crippen LogP contribution >= 0.6 is 0 Å². The summed E-state index contributed by atoms with van der Waals surface area (Å²) in [6.45, 7) is 2.55. The van der Waals surface area contributed by atoms with Gasteiger partial charge in [-0.3, -0.25) is 0 Å². The molecule has 0 atom stereocenters. The van der Waals surface area contributed by atoms with E-state index in [1.54, 1.807) is 0 Å². The third-order valence-corrected chi connectivity index (χ3v) is 2.94. The smallest absolute Gasteiger partial charge is 0.319 e. The highest BCUT2D eigenvalue weighted by Gasteiger charge is 2.04. The van der Waals surface area contributed by atoms with Crippen LogP contribution in [0.25, 0.3) is 0 Å². The molecule has 2 N–H and O–H groups in total. The van der Waals surface area contributed by atoms with Crippen LogP contribution in [0.15, 0.2) is 42.5 Å². The normalized spacial score (nSPS) is 10.1. The zero-order valence-corrected chi connectivity index (χ0v) is 10.6. The number of nitrogens with one attached hydrogen (secondary N) is 2. The Morgan fingerprint density at radius 1 is 1.17 bits per heavy atom. The Kier molecular flexibility index (Phi) is 3.67. The average Bonchev–Trinajstić information content (AvgIpc) is 2.69. The molecule has 4 heteroatoms. The van der Waals surface area contributed by atoms with E-state index in [0.29, 0.717) is 6.54 Å². The van der Waals surface area contributed by atoms with E-state index in [-0.39, 0.29) is 6.03 Å². The van der Waals surface area contributed by atoms with E-state index >= 15 is 0 Å². The zero-order chi connectivity index (χ0) is 13.0. The van der Waals surface area contributed by atoms with Crippen LogP contribution in [0.2, 0.25) is 0 Å². The topological polar surface area (TPSA) is 46.1 Å². The molecule has 2 rings (SSSR count). The van der Waals surface area contributed by atoms with Gasteiger partial charge >= 0.3 is 6.03 Å². The molecule has 0 bridgehead atoms. The van der Waals surface area contributed by atoms with Gasteiger partial charge < -0.3 is 15.2 Å². The van der Waals surface area contributed by atoms with Crippen LogP contribution < -0.4 is 10.6 Å². The highest BCUT2D eigenvalue weighted by atomic mass is 16.2. The van der Waals surface area contributed by atoms with Gasteiger partial charge in [-0.25, -0.2) is 4.79 Å². The molecule has 4 nitrogen and oxygen atoms in total. The molecule has 0 saturated carbocycles. The first-order valence-electron chi connectivity index (χ1n) is 5.88. The second kappa shape index (κ2) is 5.40. The Hall–Kier alpha value is -2.23. The molecule has 0 aliphatic heterocycles. The number of benzene rings is 1. The molecule has 0 saturated heterocycles. The van der Waals surface area contributed by atoms with Crippen LogP contribution in [0.5, 0.6) is 0 Å². The number of carbonyl (C=O) groups is 1. The quantitative estimate of drug-likeness (QED) is 0.855. The highest BCUT2D eigenvalue weighted by Crippen LogP contribution is 2.06. The molecule has 0 aliphatic carbocycles. The summed E-state index contributed by atoms with van der Waals surface area (Å²) in [7, 11) is 1.99. The van der Waals surface area contributed by atoms with Crippen molar-refractivity contribution < 1.29 is 4.79 Å². The second-order valence-corrected chi connectivity index (χ2v) is 4.20. The van der Waals surface area contributed by atoms with Gasteiger partial charge in [0.25, 0.3) is 0 Å². The Balaban J connectivity index is 1.87. The molecular weight excluding hydrogens is 226 g/mol. The monoisotopic (exact) mass is 243 g/mol. The van der Waals surface area contributed by atoms with Gasteiger partial charge in [0.1, 0.15) is 0 Å². The number of rotatable bonds is 3. The van der Waals surface area contributed by atoms with E-state index in [1.165, 1.54) is 5.69 Å². The number of anilines is 1. The Morgan fingerprint density at radius 3 is 2.50 bits per heavy atom. The predicted molar refractivity (Wildman–Crippen MR) is 72.5 cm³/mol. The van der Waals surface area contributed by atoms with E-state index < -0.39 is 0 Å². The first-order chi connectivity index (χ1) is 8.66. The summed E-state index contributed by atoms with van der Waals surface area (Å²) in [5, 5.41) is 5.61. The van der Waals surface area contributed by atoms with Gasteiger partial charge in [-0.05, 0) is 31.2 Å². The molecule has 18 heavy (non-hydrogen) atoms. The van der Waals surface area contributed by atoms with E-state index in [9.17, 15) is 4.79 Å². The summed E-state index contributed by atoms with van der Waals surface area (Å²) in [5.41, 5.74) is 3.05. The van der Waals surface area contributed by atoms with Crippen molar-refractivity contribution in [3.63, 3.8) is 0 Å². The van der Waals surface area contributed by atoms with E-state index in [0.717, 1.165) is 11.4 Å². The largest absolute Gasteiger partial charge is 0.350 e. The molecule has 0 radical (unpaired) electrons. The number of aromatic nitrogens is 1. The van der Waals surface area contributed by atoms with E-state index in [4.69, 9.17) is 0 Å². The molecule has 1 aromatic carbocycles. The van der Waals surface area contributed by atoms with Crippen LogP contribution in [0, 0.1) is 6.92 Å². The van der Waals surface area contributed by atoms with Gasteiger partial charge in [-0.1, -0.05) is 18.2 Å². The van der Waals surface area contributed by atoms with Gasteiger partial charge in [0, 0.05) is 24.1 Å². The number of nitrogens with zero attached hydrogens (tertiary/aromatic N) is 1. The molecule has 1 heterocycles. The van der Waals surface area contributed by atoms with Crippen molar-refractivity contribution in [1.29, 1.82) is 0 Å². The Labute approximate surface area is 107 Å². The lowest BCUT2D eigenvalue weighted by atomic mass is 10.3. The number of urea groups is 1. The van der Waals surface area contributed by atoms with Crippen LogP contribution in [-0.4, -0.2) is 10.6 Å². The summed E-state index contributed by atoms with van der Waals surface area (Å²) in [5.74, 6) is 0. The fourth-order valence-corrected chi connectivity index (χ4v) is 1.71. The number of para-hydroxylation sites is 1. The molecule has 94 valence electrons. The maximum absolute atomic E-state index is 11.7. The van der Waals surface area contributed by atoms with Crippen molar-refractivity contribution in [2.75, 3.05) is 5.32 Å². The maximum atomic E-state index is 11.7. The fraction of sp³-hybridized carbons (Fsp3) is 0.214. The third-order valence-electron chi connectivity index (χ3n) is 2.94. The number of amides is 2. The summed E-state index contributed by atoms with van der Waals surface area (Å²) in [4.78, 5) is 11.7. The van der Waals surface area contributed by atoms with Gasteiger partial charge in [0.15, 0.2) is 0 Å². The molecular formula is C14H17N3O. The average molecular weight is 243 g/mol. The lowest BCUT2D eigenvalue weighted by molar-refractivity contribution is 0.251. The second-order valence-electron chi connectivity index (χ2n) is 4.20. The fourth-order valence-electron chi connectivity index (χ4n) is 1.71. The van der Waals surface area contributed by atoms with Crippen LogP contribution in [0.4, 0.5) is 10.5 Å². The van der Waals surface area contributed by atoms with E-state index in [2.05, 4.69) is 15.2 Å². The van der Waals surface area contributed by atoms with Crippen LogP contribution in [0.1, 0.15) is 11.4 Å². The molecule has 0 aliphatic rings. The standard InChI is InChI=1S/C14H17N3O/c1-11-8-9-13(17(11)2)10-15-14(18)16-12-6-4-3-5-7-12/h3-9H,10H2,1-2H3,(H2,15,16,18). The summed E-state index contributed by atoms with van der Waals surface area (Å²) in [6, 6.07) is 13.2. The number of carbonyl (C=O) groups excluding carboxylic acids is 1. The number of aryl methyl sites for hydroxylation is 1. The van der Waals surface area contributed by atoms with Crippen molar-refractivity contribution >= 4 is 11.7 Å². The van der Waals surface area contributed by atoms with Gasteiger partial charge in [-0.15, -0.1) is 0 Å². The predicted octanol–water partition coefficient (Wildman–Crippen LogP) is 2.66. The molecule has 2 amide bonds. The lowest BCUT2D eigenvalue weighted by Gasteiger charge is -2.09. The minimum absolute atomic E-state index is 0.194. The molecule has 2 aromatic rings. The van der Waals surface area contributed by atoms with Crippen molar-refractivity contribution in [1.82, 2.24) is 9.88 Å². The van der Waals surface area contributed by atoms with Crippen molar-refractivity contribution in [3.05, 3.63) is 53.9 Å². The summed E-state index contributed by atoms with van der Waals surface area (Å²) in [6.07, 6.45) is 0. The van der Waals surface area contributed by atoms with Crippen molar-refractivity contribution in [2.45, 2.75) is 13.5 Å². The van der Waals surface area contributed by atoms with Gasteiger partial charge in [0.2, 0.25) is 0 Å².